The fourth-order valence-electron chi connectivity index (χ4n) is 10.8. The molecule has 1 unspecified atom stereocenters. The van der Waals surface area contributed by atoms with Crippen molar-refractivity contribution in [2.75, 3.05) is 13.2 Å². The third kappa shape index (κ3) is 66.3. The van der Waals surface area contributed by atoms with Crippen LogP contribution in [0.2, 0.25) is 0 Å². The molecule has 0 N–H and O–H groups in total. The van der Waals surface area contributed by atoms with Gasteiger partial charge in [-0.05, 0) is 77.0 Å². The van der Waals surface area contributed by atoms with E-state index in [1.807, 2.05) is 0 Å². The largest absolute Gasteiger partial charge is 0.462 e. The molecule has 0 aromatic carbocycles. The van der Waals surface area contributed by atoms with Crippen LogP contribution in [0.25, 0.3) is 0 Å². The standard InChI is InChI=1S/C73H136O6/c1-4-7-10-13-16-19-22-25-28-31-34-35-36-37-40-42-45-48-51-54-57-60-63-66-72(75)78-69-70(79-73(76)67-64-61-58-55-52-49-46-43-39-33-30-27-24-21-18-15-12-9-6-3)68-77-71(74)65-62-59-56-53-50-47-44-41-38-32-29-26-23-20-17-14-11-8-5-2/h18,21,26-27,29-30,70H,4-17,19-20,22-25,28,31-69H2,1-3H3/b21-18-,29-26-,30-27-. The Morgan fingerprint density at radius 2 is 0.456 bits per heavy atom. The Hall–Kier alpha value is -2.37. The molecule has 0 aliphatic rings. The quantitative estimate of drug-likeness (QED) is 0.0261. The molecule has 1 atom stereocenters. The van der Waals surface area contributed by atoms with Crippen LogP contribution in [-0.4, -0.2) is 37.2 Å². The van der Waals surface area contributed by atoms with Crippen LogP contribution in [0, 0.1) is 0 Å². The molecule has 0 aliphatic carbocycles. The number of unbranched alkanes of at least 4 members (excludes halogenated alkanes) is 49. The van der Waals surface area contributed by atoms with Gasteiger partial charge in [0.15, 0.2) is 6.10 Å². The van der Waals surface area contributed by atoms with Gasteiger partial charge in [-0.1, -0.05) is 333 Å². The van der Waals surface area contributed by atoms with Crippen LogP contribution in [-0.2, 0) is 28.6 Å². The molecule has 0 saturated heterocycles. The van der Waals surface area contributed by atoms with Gasteiger partial charge in [0.1, 0.15) is 13.2 Å². The highest BCUT2D eigenvalue weighted by Gasteiger charge is 2.19. The average Bonchev–Trinajstić information content (AvgIpc) is 3.45. The Kier molecular flexibility index (Phi) is 66.1. The molecule has 0 aromatic rings. The van der Waals surface area contributed by atoms with Crippen molar-refractivity contribution < 1.29 is 28.6 Å². The van der Waals surface area contributed by atoms with Gasteiger partial charge in [-0.25, -0.2) is 0 Å². The Labute approximate surface area is 493 Å². The second-order valence-corrected chi connectivity index (χ2v) is 24.1. The highest BCUT2D eigenvalue weighted by Crippen LogP contribution is 2.18. The monoisotopic (exact) mass is 1110 g/mol. The lowest BCUT2D eigenvalue weighted by Crippen LogP contribution is -2.30. The molecular formula is C73H136O6. The molecule has 6 nitrogen and oxygen atoms in total. The van der Waals surface area contributed by atoms with Crippen molar-refractivity contribution in [1.82, 2.24) is 0 Å². The summed E-state index contributed by atoms with van der Waals surface area (Å²) in [7, 11) is 0. The normalized spacial score (nSPS) is 12.2. The van der Waals surface area contributed by atoms with Gasteiger partial charge in [0.2, 0.25) is 0 Å². The van der Waals surface area contributed by atoms with E-state index < -0.39 is 6.10 Å². The first kappa shape index (κ1) is 76.6. The lowest BCUT2D eigenvalue weighted by molar-refractivity contribution is -0.167. The number of carbonyl (C=O) groups is 3. The minimum atomic E-state index is -0.774. The van der Waals surface area contributed by atoms with Gasteiger partial charge in [0, 0.05) is 19.3 Å². The summed E-state index contributed by atoms with van der Waals surface area (Å²) in [5.41, 5.74) is 0. The van der Waals surface area contributed by atoms with E-state index in [2.05, 4.69) is 57.2 Å². The predicted molar refractivity (Wildman–Crippen MR) is 344 cm³/mol. The van der Waals surface area contributed by atoms with E-state index in [4.69, 9.17) is 14.2 Å². The zero-order valence-electron chi connectivity index (χ0n) is 53.4. The summed E-state index contributed by atoms with van der Waals surface area (Å²) in [5.74, 6) is -0.846. The lowest BCUT2D eigenvalue weighted by atomic mass is 10.0. The lowest BCUT2D eigenvalue weighted by Gasteiger charge is -2.18. The molecule has 0 bridgehead atoms. The third-order valence-electron chi connectivity index (χ3n) is 16.1. The Morgan fingerprint density at radius 3 is 0.734 bits per heavy atom. The Balaban J connectivity index is 4.30. The Morgan fingerprint density at radius 1 is 0.253 bits per heavy atom. The van der Waals surface area contributed by atoms with E-state index in [1.165, 1.54) is 289 Å². The summed E-state index contributed by atoms with van der Waals surface area (Å²) in [6, 6.07) is 0. The first-order valence-corrected chi connectivity index (χ1v) is 35.5. The van der Waals surface area contributed by atoms with Crippen LogP contribution in [0.1, 0.15) is 393 Å². The summed E-state index contributed by atoms with van der Waals surface area (Å²) < 4.78 is 17.0. The summed E-state index contributed by atoms with van der Waals surface area (Å²) in [6.45, 7) is 6.69. The van der Waals surface area contributed by atoms with Crippen molar-refractivity contribution in [2.24, 2.45) is 0 Å². The van der Waals surface area contributed by atoms with Gasteiger partial charge < -0.3 is 14.2 Å². The number of ether oxygens (including phenoxy) is 3. The van der Waals surface area contributed by atoms with Crippen molar-refractivity contribution in [3.63, 3.8) is 0 Å². The SMILES string of the molecule is CCCCC/C=C\C/C=C\CCCCCCCCCCCC(=O)OC(COC(=O)CCCCCCCCCCC/C=C\CCCCCCCC)COC(=O)CCCCCCCCCCCCCCCCCCCCCCCCC. The molecule has 0 aliphatic heterocycles. The van der Waals surface area contributed by atoms with Gasteiger partial charge in [-0.2, -0.15) is 0 Å². The van der Waals surface area contributed by atoms with Crippen LogP contribution in [0.15, 0.2) is 36.5 Å². The first-order valence-electron chi connectivity index (χ1n) is 35.5. The van der Waals surface area contributed by atoms with Crippen LogP contribution in [0.4, 0.5) is 0 Å². The molecule has 0 fully saturated rings. The van der Waals surface area contributed by atoms with Crippen LogP contribution in [0.5, 0.6) is 0 Å². The van der Waals surface area contributed by atoms with E-state index in [9.17, 15) is 14.4 Å². The molecule has 6 heteroatoms. The molecule has 79 heavy (non-hydrogen) atoms. The zero-order chi connectivity index (χ0) is 57.1. The number of rotatable bonds is 66. The van der Waals surface area contributed by atoms with Crippen molar-refractivity contribution in [3.8, 4) is 0 Å². The van der Waals surface area contributed by atoms with Crippen molar-refractivity contribution >= 4 is 17.9 Å². The number of allylic oxidation sites excluding steroid dienone is 6. The number of esters is 3. The molecular weight excluding hydrogens is 973 g/mol. The Bertz CT molecular complexity index is 1320. The smallest absolute Gasteiger partial charge is 0.306 e. The summed E-state index contributed by atoms with van der Waals surface area (Å²) >= 11 is 0. The number of hydrogen-bond acceptors (Lipinski definition) is 6. The number of hydrogen-bond donors (Lipinski definition) is 0. The maximum atomic E-state index is 13.0. The molecule has 0 spiro atoms. The highest BCUT2D eigenvalue weighted by molar-refractivity contribution is 5.71. The number of carbonyl (C=O) groups excluding carboxylic acids is 3. The second-order valence-electron chi connectivity index (χ2n) is 24.1. The zero-order valence-corrected chi connectivity index (χ0v) is 53.4. The fourth-order valence-corrected chi connectivity index (χ4v) is 10.8. The van der Waals surface area contributed by atoms with E-state index in [0.717, 1.165) is 64.2 Å². The van der Waals surface area contributed by atoms with Crippen molar-refractivity contribution in [2.45, 2.75) is 399 Å². The molecule has 0 rings (SSSR count). The van der Waals surface area contributed by atoms with Crippen LogP contribution in [0.3, 0.4) is 0 Å². The van der Waals surface area contributed by atoms with Gasteiger partial charge >= 0.3 is 17.9 Å². The molecule has 0 radical (unpaired) electrons. The van der Waals surface area contributed by atoms with Gasteiger partial charge in [-0.15, -0.1) is 0 Å². The predicted octanol–water partition coefficient (Wildman–Crippen LogP) is 24.3. The van der Waals surface area contributed by atoms with E-state index in [1.54, 1.807) is 0 Å². The van der Waals surface area contributed by atoms with Crippen LogP contribution < -0.4 is 0 Å². The van der Waals surface area contributed by atoms with Gasteiger partial charge in [0.05, 0.1) is 0 Å². The van der Waals surface area contributed by atoms with Crippen molar-refractivity contribution in [1.29, 1.82) is 0 Å². The third-order valence-corrected chi connectivity index (χ3v) is 16.1. The average molecular weight is 1110 g/mol. The molecule has 464 valence electrons. The maximum absolute atomic E-state index is 13.0. The minimum Gasteiger partial charge on any atom is -0.462 e. The van der Waals surface area contributed by atoms with Crippen LogP contribution >= 0.6 is 0 Å². The van der Waals surface area contributed by atoms with Crippen molar-refractivity contribution in [3.05, 3.63) is 36.5 Å². The molecule has 0 amide bonds. The van der Waals surface area contributed by atoms with E-state index >= 15 is 0 Å². The van der Waals surface area contributed by atoms with E-state index in [0.29, 0.717) is 19.3 Å². The molecule has 0 aromatic heterocycles. The van der Waals surface area contributed by atoms with E-state index in [-0.39, 0.29) is 31.1 Å². The van der Waals surface area contributed by atoms with Gasteiger partial charge in [-0.3, -0.25) is 14.4 Å². The summed E-state index contributed by atoms with van der Waals surface area (Å²) in [5, 5.41) is 0. The fraction of sp³-hybridized carbons (Fsp3) is 0.877. The summed E-state index contributed by atoms with van der Waals surface area (Å²) in [4.78, 5) is 38.5. The maximum Gasteiger partial charge on any atom is 0.306 e. The topological polar surface area (TPSA) is 78.9 Å². The van der Waals surface area contributed by atoms with Gasteiger partial charge in [0.25, 0.3) is 0 Å². The first-order chi connectivity index (χ1) is 39.0. The molecule has 0 heterocycles. The minimum absolute atomic E-state index is 0.0695. The summed E-state index contributed by atoms with van der Waals surface area (Å²) in [6.07, 6.45) is 84.5. The molecule has 0 saturated carbocycles. The highest BCUT2D eigenvalue weighted by atomic mass is 16.6. The second kappa shape index (κ2) is 68.1.